The summed E-state index contributed by atoms with van der Waals surface area (Å²) in [5.41, 5.74) is -3.93. The molecule has 0 bridgehead atoms. The van der Waals surface area contributed by atoms with Crippen LogP contribution in [0.3, 0.4) is 0 Å². The fourth-order valence-electron chi connectivity index (χ4n) is 1.29. The Balaban J connectivity index is 3.21. The van der Waals surface area contributed by atoms with Crippen LogP contribution in [0, 0.1) is 0 Å². The highest BCUT2D eigenvalue weighted by molar-refractivity contribution is 5.66. The Kier molecular flexibility index (Phi) is 3.23. The minimum atomic E-state index is -5.07. The van der Waals surface area contributed by atoms with E-state index in [0.717, 1.165) is 12.1 Å². The lowest BCUT2D eigenvalue weighted by molar-refractivity contribution is -0.324. The van der Waals surface area contributed by atoms with Gasteiger partial charge in [0.1, 0.15) is 0 Å². The summed E-state index contributed by atoms with van der Waals surface area (Å²) in [7, 11) is 0. The largest absolute Gasteiger partial charge is 0.550 e. The fourth-order valence-corrected chi connectivity index (χ4v) is 1.29. The van der Waals surface area contributed by atoms with Gasteiger partial charge in [0.2, 0.25) is 0 Å². The molecule has 1 N–H and O–H groups in total. The Labute approximate surface area is 89.1 Å². The summed E-state index contributed by atoms with van der Waals surface area (Å²) in [6, 6.07) is 6.04. The van der Waals surface area contributed by atoms with Gasteiger partial charge in [-0.15, -0.1) is 0 Å². The number of halogens is 3. The van der Waals surface area contributed by atoms with Crippen molar-refractivity contribution in [2.24, 2.45) is 0 Å². The maximum absolute atomic E-state index is 12.6. The summed E-state index contributed by atoms with van der Waals surface area (Å²) in [5.74, 6) is -1.97. The average molecular weight is 233 g/mol. The number of aliphatic carboxylic acids is 1. The highest BCUT2D eigenvalue weighted by Gasteiger charge is 2.54. The second-order valence-corrected chi connectivity index (χ2v) is 3.27. The zero-order valence-corrected chi connectivity index (χ0v) is 7.99. The monoisotopic (exact) mass is 233 g/mol. The van der Waals surface area contributed by atoms with Crippen LogP contribution in [0.2, 0.25) is 0 Å². The Morgan fingerprint density at radius 1 is 1.25 bits per heavy atom. The molecule has 1 rings (SSSR count). The van der Waals surface area contributed by atoms with E-state index in [9.17, 15) is 28.2 Å². The number of hydrogen-bond donors (Lipinski definition) is 1. The SMILES string of the molecule is O=C([O-])C[C@@](O)(c1ccccc1)C(F)(F)F. The van der Waals surface area contributed by atoms with Crippen molar-refractivity contribution in [1.82, 2.24) is 0 Å². The molecule has 1 atom stereocenters. The summed E-state index contributed by atoms with van der Waals surface area (Å²) >= 11 is 0. The van der Waals surface area contributed by atoms with Crippen molar-refractivity contribution in [3.63, 3.8) is 0 Å². The molecule has 0 saturated carbocycles. The molecule has 0 amide bonds. The van der Waals surface area contributed by atoms with Crippen LogP contribution in [0.5, 0.6) is 0 Å². The van der Waals surface area contributed by atoms with Gasteiger partial charge in [-0.05, 0) is 5.56 Å². The lowest BCUT2D eigenvalue weighted by Crippen LogP contribution is -2.46. The van der Waals surface area contributed by atoms with Gasteiger partial charge in [0.05, 0.1) is 0 Å². The Hall–Kier alpha value is -1.56. The second-order valence-electron chi connectivity index (χ2n) is 3.27. The third-order valence-electron chi connectivity index (χ3n) is 2.12. The van der Waals surface area contributed by atoms with Crippen LogP contribution in [-0.4, -0.2) is 17.3 Å². The van der Waals surface area contributed by atoms with E-state index in [1.165, 1.54) is 18.2 Å². The van der Waals surface area contributed by atoms with Gasteiger partial charge < -0.3 is 15.0 Å². The van der Waals surface area contributed by atoms with E-state index >= 15 is 0 Å². The molecule has 0 saturated heterocycles. The molecule has 0 aliphatic carbocycles. The van der Waals surface area contributed by atoms with Gasteiger partial charge in [0.25, 0.3) is 0 Å². The lowest BCUT2D eigenvalue weighted by Gasteiger charge is -2.31. The third kappa shape index (κ3) is 2.33. The van der Waals surface area contributed by atoms with Crippen LogP contribution in [0.1, 0.15) is 12.0 Å². The smallest absolute Gasteiger partial charge is 0.421 e. The zero-order chi connectivity index (χ0) is 12.4. The van der Waals surface area contributed by atoms with Crippen molar-refractivity contribution in [3.8, 4) is 0 Å². The first-order valence-electron chi connectivity index (χ1n) is 4.32. The van der Waals surface area contributed by atoms with Crippen molar-refractivity contribution in [2.45, 2.75) is 18.2 Å². The van der Waals surface area contributed by atoms with E-state index in [1.807, 2.05) is 0 Å². The minimum Gasteiger partial charge on any atom is -0.550 e. The first kappa shape index (κ1) is 12.5. The number of carbonyl (C=O) groups is 1. The van der Waals surface area contributed by atoms with Gasteiger partial charge in [-0.1, -0.05) is 30.3 Å². The molecule has 6 heteroatoms. The molecule has 1 aromatic rings. The van der Waals surface area contributed by atoms with Crippen molar-refractivity contribution < 1.29 is 28.2 Å². The van der Waals surface area contributed by atoms with Crippen LogP contribution >= 0.6 is 0 Å². The van der Waals surface area contributed by atoms with Crippen molar-refractivity contribution in [1.29, 1.82) is 0 Å². The summed E-state index contributed by atoms with van der Waals surface area (Å²) in [4.78, 5) is 10.3. The lowest BCUT2D eigenvalue weighted by atomic mass is 9.90. The number of alkyl halides is 3. The van der Waals surface area contributed by atoms with Gasteiger partial charge in [-0.3, -0.25) is 0 Å². The highest BCUT2D eigenvalue weighted by atomic mass is 19.4. The predicted molar refractivity (Wildman–Crippen MR) is 46.0 cm³/mol. The van der Waals surface area contributed by atoms with Crippen LogP contribution in [0.25, 0.3) is 0 Å². The molecule has 0 spiro atoms. The van der Waals surface area contributed by atoms with E-state index in [-0.39, 0.29) is 0 Å². The summed E-state index contributed by atoms with van der Waals surface area (Å²) in [6.07, 6.45) is -6.60. The first-order valence-corrected chi connectivity index (χ1v) is 4.32. The van der Waals surface area contributed by atoms with Gasteiger partial charge >= 0.3 is 6.18 Å². The number of rotatable bonds is 3. The summed E-state index contributed by atoms with van der Waals surface area (Å²) in [6.45, 7) is 0. The number of carbonyl (C=O) groups excluding carboxylic acids is 1. The molecule has 0 unspecified atom stereocenters. The highest BCUT2D eigenvalue weighted by Crippen LogP contribution is 2.41. The van der Waals surface area contributed by atoms with Crippen LogP contribution in [0.15, 0.2) is 30.3 Å². The standard InChI is InChI=1S/C10H9F3O3/c11-10(12,13)9(16,6-8(14)15)7-4-2-1-3-5-7/h1-5,16H,6H2,(H,14,15)/p-1/t9-/m1/s1. The van der Waals surface area contributed by atoms with Crippen molar-refractivity contribution in [3.05, 3.63) is 35.9 Å². The van der Waals surface area contributed by atoms with Gasteiger partial charge in [0.15, 0.2) is 5.60 Å². The molecule has 1 aromatic carbocycles. The molecule has 16 heavy (non-hydrogen) atoms. The van der Waals surface area contributed by atoms with Crippen molar-refractivity contribution >= 4 is 5.97 Å². The molecule has 0 fully saturated rings. The van der Waals surface area contributed by atoms with Crippen molar-refractivity contribution in [2.75, 3.05) is 0 Å². The second kappa shape index (κ2) is 4.13. The maximum atomic E-state index is 12.6. The van der Waals surface area contributed by atoms with E-state index in [0.29, 0.717) is 0 Å². The zero-order valence-electron chi connectivity index (χ0n) is 7.99. The third-order valence-corrected chi connectivity index (χ3v) is 2.12. The molecule has 0 heterocycles. The summed E-state index contributed by atoms with van der Waals surface area (Å²) in [5, 5.41) is 19.7. The number of carboxylic acids is 1. The number of benzene rings is 1. The molecule has 3 nitrogen and oxygen atoms in total. The Bertz CT molecular complexity index is 375. The molecule has 0 aliphatic rings. The Morgan fingerprint density at radius 2 is 1.75 bits per heavy atom. The van der Waals surface area contributed by atoms with Crippen LogP contribution in [0.4, 0.5) is 13.2 Å². The minimum absolute atomic E-state index is 0.522. The van der Waals surface area contributed by atoms with E-state index < -0.39 is 29.7 Å². The quantitative estimate of drug-likeness (QED) is 0.830. The summed E-state index contributed by atoms with van der Waals surface area (Å²) < 4.78 is 37.8. The molecule has 0 aliphatic heterocycles. The van der Waals surface area contributed by atoms with Crippen LogP contribution < -0.4 is 5.11 Å². The Morgan fingerprint density at radius 3 is 2.12 bits per heavy atom. The number of hydrogen-bond acceptors (Lipinski definition) is 3. The first-order chi connectivity index (χ1) is 7.27. The predicted octanol–water partition coefficient (Wildman–Crippen LogP) is 0.576. The van der Waals surface area contributed by atoms with Gasteiger partial charge in [-0.25, -0.2) is 0 Å². The molecular formula is C10H8F3O3-. The molecule has 0 radical (unpaired) electrons. The van der Waals surface area contributed by atoms with Crippen LogP contribution in [-0.2, 0) is 10.4 Å². The fraction of sp³-hybridized carbons (Fsp3) is 0.300. The topological polar surface area (TPSA) is 60.4 Å². The van der Waals surface area contributed by atoms with Gasteiger partial charge in [0, 0.05) is 12.4 Å². The van der Waals surface area contributed by atoms with E-state index in [2.05, 4.69) is 0 Å². The molecule has 0 aromatic heterocycles. The molecule has 88 valence electrons. The van der Waals surface area contributed by atoms with Gasteiger partial charge in [-0.2, -0.15) is 13.2 Å². The normalized spacial score (nSPS) is 15.5. The number of carboxylic acid groups (broad SMARTS) is 1. The molecular weight excluding hydrogens is 225 g/mol. The maximum Gasteiger partial charge on any atom is 0.421 e. The number of aliphatic hydroxyl groups is 1. The van der Waals surface area contributed by atoms with E-state index in [1.54, 1.807) is 0 Å². The average Bonchev–Trinajstić information content (AvgIpc) is 2.16. The van der Waals surface area contributed by atoms with E-state index in [4.69, 9.17) is 0 Å².